The van der Waals surface area contributed by atoms with E-state index >= 15 is 0 Å². The van der Waals surface area contributed by atoms with Gasteiger partial charge in [0.05, 0.1) is 14.2 Å². The molecular weight excluding hydrogens is 362 g/mol. The Balaban J connectivity index is 1.92. The summed E-state index contributed by atoms with van der Waals surface area (Å²) < 4.78 is 10.5. The highest BCUT2D eigenvalue weighted by atomic mass is 16.5. The fraction of sp³-hybridized carbons (Fsp3) is 0.160. The fourth-order valence-electron chi connectivity index (χ4n) is 3.04. The number of hydrogen-bond acceptors (Lipinski definition) is 3. The first-order valence-electron chi connectivity index (χ1n) is 9.40. The van der Waals surface area contributed by atoms with Crippen LogP contribution in [0.5, 0.6) is 11.5 Å². The molecule has 3 aromatic carbocycles. The van der Waals surface area contributed by atoms with Gasteiger partial charge in [0, 0.05) is 19.7 Å². The molecule has 0 aliphatic rings. The van der Waals surface area contributed by atoms with Gasteiger partial charge in [-0.1, -0.05) is 54.6 Å². The standard InChI is InChI=1S/C25H25NO3/c1-26(18-19-7-5-4-6-8-19)25(27)17-24(20-9-13-22(28-2)14-10-20)21-11-15-23(29-3)16-12-21/h4-17H,18H2,1-3H3. The van der Waals surface area contributed by atoms with E-state index in [2.05, 4.69) is 0 Å². The highest BCUT2D eigenvalue weighted by Gasteiger charge is 2.12. The summed E-state index contributed by atoms with van der Waals surface area (Å²) in [6.07, 6.45) is 1.69. The lowest BCUT2D eigenvalue weighted by Crippen LogP contribution is -2.24. The maximum Gasteiger partial charge on any atom is 0.247 e. The van der Waals surface area contributed by atoms with Gasteiger partial charge in [-0.05, 0) is 46.5 Å². The van der Waals surface area contributed by atoms with E-state index in [1.54, 1.807) is 25.2 Å². The molecule has 0 radical (unpaired) electrons. The van der Waals surface area contributed by atoms with Crippen LogP contribution in [0.3, 0.4) is 0 Å². The second-order valence-corrected chi connectivity index (χ2v) is 6.69. The molecule has 1 amide bonds. The van der Waals surface area contributed by atoms with Crippen molar-refractivity contribution in [3.8, 4) is 11.5 Å². The van der Waals surface area contributed by atoms with Crippen molar-refractivity contribution < 1.29 is 14.3 Å². The Morgan fingerprint density at radius 2 is 1.28 bits per heavy atom. The molecule has 0 fully saturated rings. The first-order valence-corrected chi connectivity index (χ1v) is 9.40. The van der Waals surface area contributed by atoms with Gasteiger partial charge in [0.2, 0.25) is 5.91 Å². The summed E-state index contributed by atoms with van der Waals surface area (Å²) in [4.78, 5) is 14.7. The molecule has 0 bridgehead atoms. The van der Waals surface area contributed by atoms with Crippen LogP contribution in [-0.2, 0) is 11.3 Å². The summed E-state index contributed by atoms with van der Waals surface area (Å²) in [6, 6.07) is 25.4. The van der Waals surface area contributed by atoms with E-state index in [1.165, 1.54) is 0 Å². The number of carbonyl (C=O) groups is 1. The van der Waals surface area contributed by atoms with Crippen molar-refractivity contribution in [3.63, 3.8) is 0 Å². The van der Waals surface area contributed by atoms with Crippen LogP contribution in [0.25, 0.3) is 5.57 Å². The largest absolute Gasteiger partial charge is 0.497 e. The minimum absolute atomic E-state index is 0.0597. The van der Waals surface area contributed by atoms with Crippen LogP contribution in [0.1, 0.15) is 16.7 Å². The highest BCUT2D eigenvalue weighted by Crippen LogP contribution is 2.27. The lowest BCUT2D eigenvalue weighted by Gasteiger charge is -2.17. The zero-order valence-corrected chi connectivity index (χ0v) is 17.0. The first kappa shape index (κ1) is 20.2. The van der Waals surface area contributed by atoms with E-state index in [0.717, 1.165) is 33.8 Å². The van der Waals surface area contributed by atoms with Gasteiger partial charge < -0.3 is 14.4 Å². The van der Waals surface area contributed by atoms with Gasteiger partial charge in [-0.3, -0.25) is 4.79 Å². The topological polar surface area (TPSA) is 38.8 Å². The third-order valence-electron chi connectivity index (χ3n) is 4.71. The first-order chi connectivity index (χ1) is 14.1. The van der Waals surface area contributed by atoms with Crippen molar-refractivity contribution >= 4 is 11.5 Å². The molecule has 4 heteroatoms. The summed E-state index contributed by atoms with van der Waals surface area (Å²) in [7, 11) is 5.08. The molecule has 4 nitrogen and oxygen atoms in total. The van der Waals surface area contributed by atoms with E-state index in [0.29, 0.717) is 6.54 Å². The minimum Gasteiger partial charge on any atom is -0.497 e. The SMILES string of the molecule is COc1ccc(C(=CC(=O)N(C)Cc2ccccc2)c2ccc(OC)cc2)cc1. The molecule has 0 saturated carbocycles. The van der Waals surface area contributed by atoms with Crippen LogP contribution in [0.2, 0.25) is 0 Å². The molecule has 0 atom stereocenters. The van der Waals surface area contributed by atoms with Crippen molar-refractivity contribution in [1.82, 2.24) is 4.90 Å². The summed E-state index contributed by atoms with van der Waals surface area (Å²) in [5.74, 6) is 1.49. The van der Waals surface area contributed by atoms with E-state index < -0.39 is 0 Å². The van der Waals surface area contributed by atoms with Gasteiger partial charge >= 0.3 is 0 Å². The highest BCUT2D eigenvalue weighted by molar-refractivity contribution is 5.99. The molecule has 0 saturated heterocycles. The van der Waals surface area contributed by atoms with Crippen molar-refractivity contribution in [2.45, 2.75) is 6.54 Å². The Morgan fingerprint density at radius 3 is 1.72 bits per heavy atom. The summed E-state index contributed by atoms with van der Waals surface area (Å²) in [5.41, 5.74) is 3.82. The molecule has 3 aromatic rings. The number of nitrogens with zero attached hydrogens (tertiary/aromatic N) is 1. The number of ether oxygens (including phenoxy) is 2. The summed E-state index contributed by atoms with van der Waals surface area (Å²) in [6.45, 7) is 0.550. The van der Waals surface area contributed by atoms with Crippen molar-refractivity contribution in [1.29, 1.82) is 0 Å². The average molecular weight is 387 g/mol. The molecule has 29 heavy (non-hydrogen) atoms. The lowest BCUT2D eigenvalue weighted by molar-refractivity contribution is -0.125. The molecule has 0 spiro atoms. The number of likely N-dealkylation sites (N-methyl/N-ethyl adjacent to an activating group) is 1. The molecule has 0 heterocycles. The zero-order chi connectivity index (χ0) is 20.6. The van der Waals surface area contributed by atoms with Crippen LogP contribution in [-0.4, -0.2) is 32.1 Å². The van der Waals surface area contributed by atoms with Gasteiger partial charge in [-0.15, -0.1) is 0 Å². The van der Waals surface area contributed by atoms with Crippen LogP contribution in [0, 0.1) is 0 Å². The Kier molecular flexibility index (Phi) is 6.69. The van der Waals surface area contributed by atoms with Gasteiger partial charge in [0.25, 0.3) is 0 Å². The van der Waals surface area contributed by atoms with Crippen molar-refractivity contribution in [2.24, 2.45) is 0 Å². The Labute approximate surface area is 172 Å². The van der Waals surface area contributed by atoms with Crippen molar-refractivity contribution in [2.75, 3.05) is 21.3 Å². The van der Waals surface area contributed by atoms with Gasteiger partial charge in [-0.2, -0.15) is 0 Å². The number of methoxy groups -OCH3 is 2. The van der Waals surface area contributed by atoms with Crippen LogP contribution >= 0.6 is 0 Å². The van der Waals surface area contributed by atoms with Gasteiger partial charge in [-0.25, -0.2) is 0 Å². The third-order valence-corrected chi connectivity index (χ3v) is 4.71. The van der Waals surface area contributed by atoms with Crippen LogP contribution in [0.4, 0.5) is 0 Å². The monoisotopic (exact) mass is 387 g/mol. The molecule has 0 unspecified atom stereocenters. The Morgan fingerprint density at radius 1 is 0.793 bits per heavy atom. The smallest absolute Gasteiger partial charge is 0.247 e. The predicted octanol–water partition coefficient (Wildman–Crippen LogP) is 4.79. The molecule has 0 aromatic heterocycles. The Bertz CT molecular complexity index is 912. The number of hydrogen-bond donors (Lipinski definition) is 0. The zero-order valence-electron chi connectivity index (χ0n) is 17.0. The van der Waals surface area contributed by atoms with Crippen molar-refractivity contribution in [3.05, 3.63) is 102 Å². The quantitative estimate of drug-likeness (QED) is 0.547. The molecule has 0 N–H and O–H groups in total. The number of benzene rings is 3. The lowest BCUT2D eigenvalue weighted by atomic mass is 9.97. The molecule has 0 aliphatic heterocycles. The molecule has 3 rings (SSSR count). The fourth-order valence-corrected chi connectivity index (χ4v) is 3.04. The third kappa shape index (κ3) is 5.26. The number of rotatable bonds is 7. The minimum atomic E-state index is -0.0597. The number of amides is 1. The van der Waals surface area contributed by atoms with Crippen LogP contribution < -0.4 is 9.47 Å². The van der Waals surface area contributed by atoms with Gasteiger partial charge in [0.1, 0.15) is 11.5 Å². The molecule has 148 valence electrons. The normalized spacial score (nSPS) is 10.2. The van der Waals surface area contributed by atoms with E-state index in [9.17, 15) is 4.79 Å². The summed E-state index contributed by atoms with van der Waals surface area (Å²) in [5, 5.41) is 0. The summed E-state index contributed by atoms with van der Waals surface area (Å²) >= 11 is 0. The maximum atomic E-state index is 13.0. The average Bonchev–Trinajstić information content (AvgIpc) is 2.78. The second kappa shape index (κ2) is 9.60. The molecular formula is C25H25NO3. The Hall–Kier alpha value is -3.53. The van der Waals surface area contributed by atoms with Gasteiger partial charge in [0.15, 0.2) is 0 Å². The predicted molar refractivity (Wildman–Crippen MR) is 116 cm³/mol. The number of carbonyl (C=O) groups excluding carboxylic acids is 1. The van der Waals surface area contributed by atoms with E-state index in [-0.39, 0.29) is 5.91 Å². The maximum absolute atomic E-state index is 13.0. The van der Waals surface area contributed by atoms with E-state index in [1.807, 2.05) is 85.9 Å². The van der Waals surface area contributed by atoms with Crippen LogP contribution in [0.15, 0.2) is 84.9 Å². The molecule has 0 aliphatic carbocycles. The van der Waals surface area contributed by atoms with E-state index in [4.69, 9.17) is 9.47 Å². The second-order valence-electron chi connectivity index (χ2n) is 6.69.